The van der Waals surface area contributed by atoms with E-state index in [2.05, 4.69) is 11.9 Å². The Morgan fingerprint density at radius 1 is 1.42 bits per heavy atom. The van der Waals surface area contributed by atoms with Gasteiger partial charge < -0.3 is 10.4 Å². The Bertz CT molecular complexity index is 290. The summed E-state index contributed by atoms with van der Waals surface area (Å²) < 4.78 is 0. The zero-order chi connectivity index (χ0) is 8.97. The van der Waals surface area contributed by atoms with Gasteiger partial charge in [-0.15, -0.1) is 0 Å². The highest BCUT2D eigenvalue weighted by Crippen LogP contribution is 2.08. The standard InChI is InChI=1S/C9H9NO2/c1-2-10-8-5-3-7(4-6-8)9(11)12/h2-6,10H,1H2,(H,11,12). The molecule has 0 aliphatic rings. The highest BCUT2D eigenvalue weighted by molar-refractivity contribution is 5.88. The average Bonchev–Trinajstić information content (AvgIpc) is 2.06. The molecule has 0 aromatic heterocycles. The van der Waals surface area contributed by atoms with Crippen molar-refractivity contribution in [1.82, 2.24) is 0 Å². The number of carboxylic acids is 1. The molecule has 62 valence electrons. The van der Waals surface area contributed by atoms with Crippen molar-refractivity contribution < 1.29 is 9.90 Å². The van der Waals surface area contributed by atoms with Gasteiger partial charge in [-0.1, -0.05) is 6.58 Å². The van der Waals surface area contributed by atoms with E-state index in [4.69, 9.17) is 5.11 Å². The first-order valence-electron chi connectivity index (χ1n) is 3.45. The average molecular weight is 163 g/mol. The Hall–Kier alpha value is -1.77. The van der Waals surface area contributed by atoms with Crippen LogP contribution in [0.2, 0.25) is 0 Å². The van der Waals surface area contributed by atoms with Crippen molar-refractivity contribution in [3.8, 4) is 0 Å². The highest BCUT2D eigenvalue weighted by atomic mass is 16.4. The Balaban J connectivity index is 2.85. The van der Waals surface area contributed by atoms with E-state index in [1.54, 1.807) is 12.1 Å². The molecule has 0 fully saturated rings. The minimum Gasteiger partial charge on any atom is -0.478 e. The molecular weight excluding hydrogens is 154 g/mol. The fraction of sp³-hybridized carbons (Fsp3) is 0. The van der Waals surface area contributed by atoms with Gasteiger partial charge in [-0.25, -0.2) is 4.79 Å². The molecule has 0 saturated heterocycles. The van der Waals surface area contributed by atoms with E-state index in [0.29, 0.717) is 0 Å². The Labute approximate surface area is 70.3 Å². The van der Waals surface area contributed by atoms with Crippen molar-refractivity contribution in [1.29, 1.82) is 0 Å². The fourth-order valence-electron chi connectivity index (χ4n) is 0.827. The molecule has 0 spiro atoms. The summed E-state index contributed by atoms with van der Waals surface area (Å²) in [7, 11) is 0. The van der Waals surface area contributed by atoms with Crippen LogP contribution in [0.4, 0.5) is 5.69 Å². The molecular formula is C9H9NO2. The van der Waals surface area contributed by atoms with E-state index in [9.17, 15) is 4.79 Å². The van der Waals surface area contributed by atoms with Gasteiger partial charge in [0, 0.05) is 5.69 Å². The second-order valence-corrected chi connectivity index (χ2v) is 2.23. The summed E-state index contributed by atoms with van der Waals surface area (Å²) in [5.74, 6) is -0.917. The predicted octanol–water partition coefficient (Wildman–Crippen LogP) is 1.94. The van der Waals surface area contributed by atoms with Gasteiger partial charge in [0.25, 0.3) is 0 Å². The van der Waals surface area contributed by atoms with Gasteiger partial charge in [-0.05, 0) is 30.5 Å². The SMILES string of the molecule is C=CNc1ccc(C(=O)O)cc1. The first-order valence-corrected chi connectivity index (χ1v) is 3.45. The topological polar surface area (TPSA) is 49.3 Å². The minimum atomic E-state index is -0.917. The molecule has 0 amide bonds. The number of carbonyl (C=O) groups is 1. The summed E-state index contributed by atoms with van der Waals surface area (Å²) in [6.07, 6.45) is 1.54. The summed E-state index contributed by atoms with van der Waals surface area (Å²) in [5.41, 5.74) is 1.11. The summed E-state index contributed by atoms with van der Waals surface area (Å²) >= 11 is 0. The van der Waals surface area contributed by atoms with Crippen LogP contribution in [0.3, 0.4) is 0 Å². The number of nitrogens with one attached hydrogen (secondary N) is 1. The van der Waals surface area contributed by atoms with Gasteiger partial charge in [0.05, 0.1) is 5.56 Å². The van der Waals surface area contributed by atoms with Crippen LogP contribution >= 0.6 is 0 Å². The fourth-order valence-corrected chi connectivity index (χ4v) is 0.827. The van der Waals surface area contributed by atoms with E-state index in [0.717, 1.165) is 5.69 Å². The molecule has 3 heteroatoms. The van der Waals surface area contributed by atoms with Crippen LogP contribution in [0, 0.1) is 0 Å². The zero-order valence-corrected chi connectivity index (χ0v) is 6.45. The Kier molecular flexibility index (Phi) is 2.48. The van der Waals surface area contributed by atoms with E-state index in [1.807, 2.05) is 0 Å². The molecule has 0 saturated carbocycles. The molecule has 2 N–H and O–H groups in total. The van der Waals surface area contributed by atoms with Gasteiger partial charge in [-0.2, -0.15) is 0 Å². The summed E-state index contributed by atoms with van der Waals surface area (Å²) in [4.78, 5) is 10.4. The molecule has 3 nitrogen and oxygen atoms in total. The largest absolute Gasteiger partial charge is 0.478 e. The lowest BCUT2D eigenvalue weighted by molar-refractivity contribution is 0.0697. The van der Waals surface area contributed by atoms with Crippen LogP contribution in [0.25, 0.3) is 0 Å². The minimum absolute atomic E-state index is 0.282. The lowest BCUT2D eigenvalue weighted by Gasteiger charge is -1.99. The zero-order valence-electron chi connectivity index (χ0n) is 6.45. The van der Waals surface area contributed by atoms with E-state index in [1.165, 1.54) is 18.3 Å². The monoisotopic (exact) mass is 163 g/mol. The Morgan fingerprint density at radius 3 is 2.42 bits per heavy atom. The molecule has 0 heterocycles. The Morgan fingerprint density at radius 2 is 2.00 bits per heavy atom. The molecule has 0 aliphatic carbocycles. The number of hydrogen-bond donors (Lipinski definition) is 2. The van der Waals surface area contributed by atoms with E-state index >= 15 is 0 Å². The first-order chi connectivity index (χ1) is 5.74. The van der Waals surface area contributed by atoms with E-state index < -0.39 is 5.97 Å². The molecule has 0 aliphatic heterocycles. The number of anilines is 1. The first kappa shape index (κ1) is 8.33. The maximum Gasteiger partial charge on any atom is 0.335 e. The van der Waals surface area contributed by atoms with Crippen molar-refractivity contribution in [2.24, 2.45) is 0 Å². The number of carboxylic acid groups (broad SMARTS) is 1. The lowest BCUT2D eigenvalue weighted by Crippen LogP contribution is -1.95. The maximum absolute atomic E-state index is 10.4. The number of aromatic carboxylic acids is 1. The number of rotatable bonds is 3. The van der Waals surface area contributed by atoms with Crippen LogP contribution in [-0.4, -0.2) is 11.1 Å². The van der Waals surface area contributed by atoms with Gasteiger partial charge >= 0.3 is 5.97 Å². The quantitative estimate of drug-likeness (QED) is 0.715. The molecule has 1 aromatic rings. The van der Waals surface area contributed by atoms with Crippen LogP contribution in [0.1, 0.15) is 10.4 Å². The van der Waals surface area contributed by atoms with Crippen molar-refractivity contribution in [2.45, 2.75) is 0 Å². The molecule has 0 radical (unpaired) electrons. The highest BCUT2D eigenvalue weighted by Gasteiger charge is 1.99. The maximum atomic E-state index is 10.4. The molecule has 0 atom stereocenters. The molecule has 0 unspecified atom stereocenters. The lowest BCUT2D eigenvalue weighted by atomic mass is 10.2. The van der Waals surface area contributed by atoms with Gasteiger partial charge in [0.1, 0.15) is 0 Å². The smallest absolute Gasteiger partial charge is 0.335 e. The molecule has 12 heavy (non-hydrogen) atoms. The van der Waals surface area contributed by atoms with Crippen molar-refractivity contribution in [2.75, 3.05) is 5.32 Å². The molecule has 1 aromatic carbocycles. The third-order valence-electron chi connectivity index (χ3n) is 1.40. The normalized spacial score (nSPS) is 9.00. The molecule has 0 bridgehead atoms. The second-order valence-electron chi connectivity index (χ2n) is 2.23. The summed E-state index contributed by atoms with van der Waals surface area (Å²) in [6.45, 7) is 3.49. The second kappa shape index (κ2) is 3.57. The molecule has 1 rings (SSSR count). The van der Waals surface area contributed by atoms with Gasteiger partial charge in [-0.3, -0.25) is 0 Å². The summed E-state index contributed by atoms with van der Waals surface area (Å²) in [6, 6.07) is 6.44. The summed E-state index contributed by atoms with van der Waals surface area (Å²) in [5, 5.41) is 11.4. The number of hydrogen-bond acceptors (Lipinski definition) is 2. The van der Waals surface area contributed by atoms with Crippen molar-refractivity contribution in [3.63, 3.8) is 0 Å². The number of benzene rings is 1. The van der Waals surface area contributed by atoms with Crippen LogP contribution < -0.4 is 5.32 Å². The van der Waals surface area contributed by atoms with E-state index in [-0.39, 0.29) is 5.56 Å². The third kappa shape index (κ3) is 1.85. The van der Waals surface area contributed by atoms with Gasteiger partial charge in [0.2, 0.25) is 0 Å². The third-order valence-corrected chi connectivity index (χ3v) is 1.40. The predicted molar refractivity (Wildman–Crippen MR) is 47.2 cm³/mol. The van der Waals surface area contributed by atoms with Gasteiger partial charge in [0.15, 0.2) is 0 Å². The van der Waals surface area contributed by atoms with Crippen molar-refractivity contribution in [3.05, 3.63) is 42.6 Å². The van der Waals surface area contributed by atoms with Crippen LogP contribution in [0.15, 0.2) is 37.0 Å². The van der Waals surface area contributed by atoms with Crippen molar-refractivity contribution >= 4 is 11.7 Å². The van der Waals surface area contributed by atoms with Crippen LogP contribution in [0.5, 0.6) is 0 Å². The van der Waals surface area contributed by atoms with Crippen LogP contribution in [-0.2, 0) is 0 Å².